The van der Waals surface area contributed by atoms with Gasteiger partial charge in [-0.25, -0.2) is 4.79 Å². The summed E-state index contributed by atoms with van der Waals surface area (Å²) in [6.45, 7) is 16.9. The number of amides is 9. The van der Waals surface area contributed by atoms with Crippen molar-refractivity contribution in [3.8, 4) is 0 Å². The van der Waals surface area contributed by atoms with Crippen molar-refractivity contribution in [1.82, 2.24) is 42.5 Å². The largest absolute Gasteiger partial charge is 0.481 e. The number of primary amides is 1. The molecule has 0 spiro atoms. The Bertz CT molecular complexity index is 1790. The van der Waals surface area contributed by atoms with Crippen LogP contribution in [0.1, 0.15) is 115 Å². The first-order chi connectivity index (χ1) is 31.9. The average Bonchev–Trinajstić information content (AvgIpc) is 3.24. The zero-order valence-corrected chi connectivity index (χ0v) is 41.5. The van der Waals surface area contributed by atoms with Gasteiger partial charge >= 0.3 is 11.9 Å². The van der Waals surface area contributed by atoms with Gasteiger partial charge in [0.15, 0.2) is 0 Å². The highest BCUT2D eigenvalue weighted by molar-refractivity contribution is 5.99. The number of rotatable bonds is 32. The van der Waals surface area contributed by atoms with Gasteiger partial charge in [0.1, 0.15) is 48.3 Å². The normalized spacial score (nSPS) is 16.2. The minimum atomic E-state index is -1.87. The molecule has 0 bridgehead atoms. The zero-order chi connectivity index (χ0) is 53.6. The number of carboxylic acid groups (broad SMARTS) is 2. The number of aliphatic hydroxyl groups excluding tert-OH is 2. The number of carbonyl (C=O) groups is 11. The lowest BCUT2D eigenvalue weighted by atomic mass is 9.98. The van der Waals surface area contributed by atoms with Crippen LogP contribution in [0, 0.1) is 29.6 Å². The van der Waals surface area contributed by atoms with E-state index in [1.807, 2.05) is 13.8 Å². The maximum atomic E-state index is 13.8. The van der Waals surface area contributed by atoms with Crippen molar-refractivity contribution in [2.45, 2.75) is 175 Å². The van der Waals surface area contributed by atoms with E-state index in [0.29, 0.717) is 6.42 Å². The lowest BCUT2D eigenvalue weighted by Gasteiger charge is -2.29. The van der Waals surface area contributed by atoms with Crippen molar-refractivity contribution in [1.29, 1.82) is 0 Å². The first-order valence-corrected chi connectivity index (χ1v) is 23.1. The summed E-state index contributed by atoms with van der Waals surface area (Å²) < 4.78 is 0. The Balaban J connectivity index is 6.46. The Kier molecular flexibility index (Phi) is 27.9. The molecule has 69 heavy (non-hydrogen) atoms. The number of aliphatic hydroxyl groups is 2. The summed E-state index contributed by atoms with van der Waals surface area (Å²) in [7, 11) is 0. The second-order valence-electron chi connectivity index (χ2n) is 18.8. The maximum Gasteiger partial charge on any atom is 0.326 e. The molecule has 9 amide bonds. The molecule has 394 valence electrons. The summed E-state index contributed by atoms with van der Waals surface area (Å²) in [4.78, 5) is 143. The summed E-state index contributed by atoms with van der Waals surface area (Å²) >= 11 is 0. The smallest absolute Gasteiger partial charge is 0.326 e. The molecule has 0 radical (unpaired) electrons. The van der Waals surface area contributed by atoms with E-state index in [-0.39, 0.29) is 30.6 Å². The second kappa shape index (κ2) is 30.5. The Morgan fingerprint density at radius 1 is 0.493 bits per heavy atom. The molecule has 0 aliphatic heterocycles. The van der Waals surface area contributed by atoms with E-state index < -0.39 is 163 Å². The van der Waals surface area contributed by atoms with Gasteiger partial charge in [-0.05, 0) is 55.8 Å². The molecule has 0 fully saturated rings. The fourth-order valence-electron chi connectivity index (χ4n) is 6.56. The van der Waals surface area contributed by atoms with Crippen molar-refractivity contribution in [2.75, 3.05) is 6.61 Å². The molecule has 25 nitrogen and oxygen atoms in total. The van der Waals surface area contributed by atoms with E-state index in [1.54, 1.807) is 55.4 Å². The quantitative estimate of drug-likeness (QED) is 0.0316. The molecule has 25 heteroatoms. The molecule has 0 unspecified atom stereocenters. The first-order valence-electron chi connectivity index (χ1n) is 23.1. The van der Waals surface area contributed by atoms with Crippen LogP contribution in [0.25, 0.3) is 0 Å². The van der Waals surface area contributed by atoms with E-state index in [2.05, 4.69) is 42.5 Å². The number of nitrogens with one attached hydrogen (secondary N) is 8. The second-order valence-corrected chi connectivity index (χ2v) is 18.8. The number of aliphatic carboxylic acids is 2. The molecule has 11 atom stereocenters. The molecule has 16 N–H and O–H groups in total. The Morgan fingerprint density at radius 2 is 0.884 bits per heavy atom. The minimum absolute atomic E-state index is 0.0773. The van der Waals surface area contributed by atoms with Crippen molar-refractivity contribution < 1.29 is 73.2 Å². The summed E-state index contributed by atoms with van der Waals surface area (Å²) in [5, 5.41) is 58.9. The Hall–Kier alpha value is -5.95. The molecular weight excluding hydrogens is 909 g/mol. The fourth-order valence-corrected chi connectivity index (χ4v) is 6.56. The summed E-state index contributed by atoms with van der Waals surface area (Å²) in [5.41, 5.74) is 11.3. The molecule has 0 aliphatic rings. The molecule has 0 saturated carbocycles. The summed E-state index contributed by atoms with van der Waals surface area (Å²) in [6.07, 6.45) is -3.28. The third-order valence-electron chi connectivity index (χ3n) is 10.9. The molecule has 0 heterocycles. The zero-order valence-electron chi connectivity index (χ0n) is 41.5. The van der Waals surface area contributed by atoms with Gasteiger partial charge in [-0.3, -0.25) is 47.9 Å². The van der Waals surface area contributed by atoms with Crippen LogP contribution >= 0.6 is 0 Å². The third-order valence-corrected chi connectivity index (χ3v) is 10.9. The lowest BCUT2D eigenvalue weighted by molar-refractivity contribution is -0.145. The monoisotopic (exact) mass is 987 g/mol. The summed E-state index contributed by atoms with van der Waals surface area (Å²) in [6, 6.07) is -13.4. The van der Waals surface area contributed by atoms with E-state index in [9.17, 15) is 73.2 Å². The molecule has 0 saturated heterocycles. The molecular formula is C44H78N10O15. The van der Waals surface area contributed by atoms with Gasteiger partial charge in [0.2, 0.25) is 53.2 Å². The number of nitrogens with two attached hydrogens (primary N) is 2. The van der Waals surface area contributed by atoms with Gasteiger partial charge in [0.25, 0.3) is 0 Å². The van der Waals surface area contributed by atoms with Gasteiger partial charge in [0, 0.05) is 6.42 Å². The van der Waals surface area contributed by atoms with E-state index in [0.717, 1.165) is 6.92 Å². The fraction of sp³-hybridized carbons (Fsp3) is 0.750. The van der Waals surface area contributed by atoms with Crippen molar-refractivity contribution in [3.63, 3.8) is 0 Å². The SMILES string of the molecule is CC[C@H](C)[C@H](NC(=O)[C@H](CC(=O)O)NC(=O)[C@H](CC(C)C)NC(=O)[C@@H](NC(=O)[C@H](CCC(N)=O)NC(=O)[C@H](CO)NC(=O)[C@@H](NC(=O)[C@H](CC(C)C)NC(=O)[C@@H](N)C(C)C)C(C)C)[C@@H](C)O)C(=O)O. The number of hydrogen-bond donors (Lipinski definition) is 14. The van der Waals surface area contributed by atoms with Crippen LogP contribution in [0.2, 0.25) is 0 Å². The minimum Gasteiger partial charge on any atom is -0.481 e. The molecule has 0 aromatic heterocycles. The van der Waals surface area contributed by atoms with Crippen LogP contribution in [0.3, 0.4) is 0 Å². The van der Waals surface area contributed by atoms with Gasteiger partial charge in [-0.1, -0.05) is 75.7 Å². The Labute approximate surface area is 402 Å². The molecule has 0 aromatic carbocycles. The van der Waals surface area contributed by atoms with Gasteiger partial charge in [-0.2, -0.15) is 0 Å². The van der Waals surface area contributed by atoms with Gasteiger partial charge in [-0.15, -0.1) is 0 Å². The average molecular weight is 987 g/mol. The highest BCUT2D eigenvalue weighted by atomic mass is 16.4. The number of hydrogen-bond acceptors (Lipinski definition) is 14. The molecule has 0 aromatic rings. The molecule has 0 rings (SSSR count). The van der Waals surface area contributed by atoms with E-state index in [1.165, 1.54) is 0 Å². The van der Waals surface area contributed by atoms with Gasteiger partial charge in [0.05, 0.1) is 25.2 Å². The third kappa shape index (κ3) is 22.8. The topological polar surface area (TPSA) is 417 Å². The van der Waals surface area contributed by atoms with E-state index in [4.69, 9.17) is 11.5 Å². The standard InChI is InChI=1S/C44H78N10O15/c1-12-23(10)34(44(68)69)53-39(63)28(17-31(58)59)48-37(61)26(15-19(2)3)50-43(67)35(24(11)56)54-36(60)25(13-14-30(45)57)47-40(64)29(18-55)51-42(66)33(22(8)9)52-38(62)27(16-20(4)5)49-41(65)32(46)21(6)7/h19-29,32-35,55-56H,12-18,46H2,1-11H3,(H2,45,57)(H,47,64)(H,48,61)(H,49,65)(H,50,67)(H,51,66)(H,52,62)(H,53,63)(H,54,60)(H,58,59)(H,68,69)/t23-,24+,25-,26-,27-,28-,29-,32-,33-,34-,35-/m0/s1. The molecule has 0 aliphatic carbocycles. The predicted octanol–water partition coefficient (Wildman–Crippen LogP) is -3.16. The summed E-state index contributed by atoms with van der Waals surface area (Å²) in [5.74, 6) is -13.6. The van der Waals surface area contributed by atoms with Crippen molar-refractivity contribution >= 4 is 65.1 Å². The first kappa shape index (κ1) is 63.0. The van der Waals surface area contributed by atoms with Crippen LogP contribution in [0.5, 0.6) is 0 Å². The highest BCUT2D eigenvalue weighted by Crippen LogP contribution is 2.13. The lowest BCUT2D eigenvalue weighted by Crippen LogP contribution is -2.62. The van der Waals surface area contributed by atoms with Gasteiger partial charge < -0.3 is 74.4 Å². The Morgan fingerprint density at radius 3 is 1.30 bits per heavy atom. The van der Waals surface area contributed by atoms with Crippen molar-refractivity contribution in [2.24, 2.45) is 41.1 Å². The van der Waals surface area contributed by atoms with Crippen LogP contribution in [-0.2, 0) is 52.7 Å². The van der Waals surface area contributed by atoms with Crippen LogP contribution < -0.4 is 54.0 Å². The number of carboxylic acids is 2. The maximum absolute atomic E-state index is 13.8. The predicted molar refractivity (Wildman–Crippen MR) is 249 cm³/mol. The van der Waals surface area contributed by atoms with Crippen molar-refractivity contribution in [3.05, 3.63) is 0 Å². The van der Waals surface area contributed by atoms with Crippen LogP contribution in [0.15, 0.2) is 0 Å². The number of carbonyl (C=O) groups excluding carboxylic acids is 9. The van der Waals surface area contributed by atoms with E-state index >= 15 is 0 Å². The highest BCUT2D eigenvalue weighted by Gasteiger charge is 2.37. The van der Waals surface area contributed by atoms with Crippen LogP contribution in [-0.4, -0.2) is 153 Å². The van der Waals surface area contributed by atoms with Crippen LogP contribution in [0.4, 0.5) is 0 Å².